The average molecular weight is 446 g/mol. The normalized spacial score (nSPS) is 12.0. The summed E-state index contributed by atoms with van der Waals surface area (Å²) in [7, 11) is 0. The Labute approximate surface area is 202 Å². The highest BCUT2D eigenvalue weighted by Crippen LogP contribution is 2.46. The third kappa shape index (κ3) is 2.55. The largest absolute Gasteiger partial charge is 0.294 e. The molecule has 0 N–H and O–H groups in total. The standard InChI is InChI=1S/C32H19N3/c1-2-7-20(8-3-1)21-13-14-29-26(17-21)24-10-4-5-12-28(24)35(29)30-18-22-9-6-11-25-23-15-16-33-19-27(23)32(34-30)31(22)25/h1-19H. The van der Waals surface area contributed by atoms with E-state index < -0.39 is 0 Å². The molecule has 8 rings (SSSR count). The Kier molecular flexibility index (Phi) is 3.66. The maximum atomic E-state index is 5.26. The molecule has 0 bridgehead atoms. The van der Waals surface area contributed by atoms with Crippen molar-refractivity contribution >= 4 is 32.6 Å². The van der Waals surface area contributed by atoms with Gasteiger partial charge in [0.1, 0.15) is 5.82 Å². The molecular formula is C32H19N3. The van der Waals surface area contributed by atoms with Crippen LogP contribution in [0.4, 0.5) is 0 Å². The van der Waals surface area contributed by atoms with E-state index in [1.807, 2.05) is 12.4 Å². The maximum absolute atomic E-state index is 5.26. The van der Waals surface area contributed by atoms with E-state index in [0.717, 1.165) is 28.1 Å². The molecule has 4 aromatic carbocycles. The van der Waals surface area contributed by atoms with E-state index in [0.29, 0.717) is 0 Å². The number of rotatable bonds is 2. The summed E-state index contributed by atoms with van der Waals surface area (Å²) in [6.07, 6.45) is 3.81. The fourth-order valence-corrected chi connectivity index (χ4v) is 5.68. The van der Waals surface area contributed by atoms with Crippen molar-refractivity contribution in [3.63, 3.8) is 0 Å². The van der Waals surface area contributed by atoms with Gasteiger partial charge < -0.3 is 0 Å². The lowest BCUT2D eigenvalue weighted by molar-refractivity contribution is 1.09. The summed E-state index contributed by atoms with van der Waals surface area (Å²) in [5.41, 5.74) is 9.33. The first-order valence-corrected chi connectivity index (χ1v) is 11.8. The summed E-state index contributed by atoms with van der Waals surface area (Å²) in [5.74, 6) is 0.931. The van der Waals surface area contributed by atoms with Crippen LogP contribution in [0.1, 0.15) is 0 Å². The SMILES string of the molecule is c1ccc(-c2ccc3c(c2)c2ccccc2n3-c2cc3cccc4c3c(n2)-c2cnccc2-4)cc1. The van der Waals surface area contributed by atoms with Crippen molar-refractivity contribution < 1.29 is 0 Å². The molecule has 0 unspecified atom stereocenters. The number of aromatic nitrogens is 3. The van der Waals surface area contributed by atoms with Gasteiger partial charge in [-0.3, -0.25) is 9.55 Å². The van der Waals surface area contributed by atoms with Crippen molar-refractivity contribution in [1.29, 1.82) is 0 Å². The Morgan fingerprint density at radius 1 is 0.571 bits per heavy atom. The second-order valence-electron chi connectivity index (χ2n) is 9.10. The maximum Gasteiger partial charge on any atom is 0.138 e. The number of nitrogens with zero attached hydrogens (tertiary/aromatic N) is 3. The van der Waals surface area contributed by atoms with E-state index >= 15 is 0 Å². The molecule has 162 valence electrons. The number of benzene rings is 4. The highest BCUT2D eigenvalue weighted by molar-refractivity contribution is 6.15. The molecule has 1 aliphatic carbocycles. The molecule has 3 heteroatoms. The van der Waals surface area contributed by atoms with E-state index in [2.05, 4.69) is 113 Å². The van der Waals surface area contributed by atoms with Gasteiger partial charge in [0.2, 0.25) is 0 Å². The highest BCUT2D eigenvalue weighted by Gasteiger charge is 2.24. The molecule has 0 amide bonds. The lowest BCUT2D eigenvalue weighted by Gasteiger charge is -2.11. The fraction of sp³-hybridized carbons (Fsp3) is 0. The molecule has 0 aliphatic heterocycles. The minimum absolute atomic E-state index is 0.931. The molecular weight excluding hydrogens is 426 g/mol. The van der Waals surface area contributed by atoms with Gasteiger partial charge in [0.25, 0.3) is 0 Å². The molecule has 1 aliphatic rings. The minimum Gasteiger partial charge on any atom is -0.294 e. The molecule has 7 aromatic rings. The summed E-state index contributed by atoms with van der Waals surface area (Å²) in [5, 5.41) is 4.88. The number of hydrogen-bond donors (Lipinski definition) is 0. The van der Waals surface area contributed by atoms with E-state index in [1.54, 1.807) is 0 Å². The molecule has 3 heterocycles. The van der Waals surface area contributed by atoms with Crippen LogP contribution in [0.25, 0.3) is 71.9 Å². The molecule has 3 aromatic heterocycles. The zero-order valence-electron chi connectivity index (χ0n) is 18.8. The summed E-state index contributed by atoms with van der Waals surface area (Å²) in [4.78, 5) is 9.67. The van der Waals surface area contributed by atoms with Crippen molar-refractivity contribution in [3.05, 3.63) is 116 Å². The van der Waals surface area contributed by atoms with Crippen LogP contribution >= 0.6 is 0 Å². The molecule has 35 heavy (non-hydrogen) atoms. The van der Waals surface area contributed by atoms with Crippen molar-refractivity contribution in [2.75, 3.05) is 0 Å². The number of hydrogen-bond acceptors (Lipinski definition) is 2. The van der Waals surface area contributed by atoms with Crippen molar-refractivity contribution in [2.45, 2.75) is 0 Å². The Morgan fingerprint density at radius 3 is 2.37 bits per heavy atom. The van der Waals surface area contributed by atoms with Crippen LogP contribution < -0.4 is 0 Å². The first-order valence-electron chi connectivity index (χ1n) is 11.8. The van der Waals surface area contributed by atoms with Gasteiger partial charge in [0.15, 0.2) is 0 Å². The first-order chi connectivity index (χ1) is 17.4. The molecule has 3 nitrogen and oxygen atoms in total. The van der Waals surface area contributed by atoms with Gasteiger partial charge in [-0.2, -0.15) is 0 Å². The van der Waals surface area contributed by atoms with E-state index in [4.69, 9.17) is 4.98 Å². The van der Waals surface area contributed by atoms with Crippen molar-refractivity contribution in [1.82, 2.24) is 14.5 Å². The second-order valence-corrected chi connectivity index (χ2v) is 9.10. The minimum atomic E-state index is 0.931. The molecule has 0 radical (unpaired) electrons. The van der Waals surface area contributed by atoms with Gasteiger partial charge in [0, 0.05) is 34.1 Å². The van der Waals surface area contributed by atoms with Gasteiger partial charge in [-0.25, -0.2) is 4.98 Å². The Morgan fingerprint density at radius 2 is 1.43 bits per heavy atom. The molecule has 0 fully saturated rings. The van der Waals surface area contributed by atoms with Crippen LogP contribution in [0.5, 0.6) is 0 Å². The summed E-state index contributed by atoms with van der Waals surface area (Å²) in [6, 6.07) is 36.8. The average Bonchev–Trinajstić information content (AvgIpc) is 3.43. The quantitative estimate of drug-likeness (QED) is 0.269. The molecule has 0 saturated heterocycles. The van der Waals surface area contributed by atoms with Gasteiger partial charge in [0.05, 0.1) is 16.7 Å². The van der Waals surface area contributed by atoms with E-state index in [1.165, 1.54) is 43.8 Å². The van der Waals surface area contributed by atoms with E-state index in [9.17, 15) is 0 Å². The van der Waals surface area contributed by atoms with Gasteiger partial charge >= 0.3 is 0 Å². The predicted molar refractivity (Wildman–Crippen MR) is 144 cm³/mol. The van der Waals surface area contributed by atoms with E-state index in [-0.39, 0.29) is 0 Å². The number of pyridine rings is 2. The first kappa shape index (κ1) is 18.6. The predicted octanol–water partition coefficient (Wildman–Crippen LogP) is 8.04. The Bertz CT molecular complexity index is 1950. The zero-order chi connectivity index (χ0) is 22.9. The molecule has 0 atom stereocenters. The van der Waals surface area contributed by atoms with Crippen LogP contribution in [-0.4, -0.2) is 14.5 Å². The van der Waals surface area contributed by atoms with Crippen LogP contribution in [0.3, 0.4) is 0 Å². The third-order valence-electron chi connectivity index (χ3n) is 7.22. The Balaban J connectivity index is 1.45. The lowest BCUT2D eigenvalue weighted by Crippen LogP contribution is -1.99. The topological polar surface area (TPSA) is 30.7 Å². The molecule has 0 spiro atoms. The van der Waals surface area contributed by atoms with Crippen LogP contribution in [0, 0.1) is 0 Å². The summed E-state index contributed by atoms with van der Waals surface area (Å²) in [6.45, 7) is 0. The number of para-hydroxylation sites is 1. The van der Waals surface area contributed by atoms with Crippen LogP contribution in [-0.2, 0) is 0 Å². The monoisotopic (exact) mass is 445 g/mol. The summed E-state index contributed by atoms with van der Waals surface area (Å²) >= 11 is 0. The second kappa shape index (κ2) is 6.87. The van der Waals surface area contributed by atoms with Gasteiger partial charge in [-0.15, -0.1) is 0 Å². The zero-order valence-corrected chi connectivity index (χ0v) is 18.8. The van der Waals surface area contributed by atoms with Crippen molar-refractivity contribution in [3.8, 4) is 39.3 Å². The van der Waals surface area contributed by atoms with Crippen molar-refractivity contribution in [2.24, 2.45) is 0 Å². The van der Waals surface area contributed by atoms with Gasteiger partial charge in [-0.05, 0) is 58.0 Å². The van der Waals surface area contributed by atoms with Crippen LogP contribution in [0.15, 0.2) is 116 Å². The van der Waals surface area contributed by atoms with Crippen LogP contribution in [0.2, 0.25) is 0 Å². The lowest BCUT2D eigenvalue weighted by atomic mass is 10.0. The Hall–Kier alpha value is -4.76. The summed E-state index contributed by atoms with van der Waals surface area (Å²) < 4.78 is 2.30. The smallest absolute Gasteiger partial charge is 0.138 e. The third-order valence-corrected chi connectivity index (χ3v) is 7.22. The fourth-order valence-electron chi connectivity index (χ4n) is 5.68. The van der Waals surface area contributed by atoms with Gasteiger partial charge in [-0.1, -0.05) is 72.8 Å². The molecule has 0 saturated carbocycles. The number of fused-ring (bicyclic) bond motifs is 6. The highest BCUT2D eigenvalue weighted by atomic mass is 15.1.